The number of carbonyl (C=O) groups excluding carboxylic acids is 2. The Balaban J connectivity index is 1.34. The molecule has 1 aromatic carbocycles. The largest absolute Gasteiger partial charge is 0.352 e. The summed E-state index contributed by atoms with van der Waals surface area (Å²) in [7, 11) is -3.57. The van der Waals surface area contributed by atoms with Gasteiger partial charge in [-0.1, -0.05) is 0 Å². The fourth-order valence-corrected chi connectivity index (χ4v) is 5.12. The van der Waals surface area contributed by atoms with Crippen LogP contribution in [-0.2, 0) is 19.6 Å². The van der Waals surface area contributed by atoms with Gasteiger partial charge >= 0.3 is 0 Å². The molecular weight excluding hydrogens is 380 g/mol. The number of nitrogens with one attached hydrogen (secondary N) is 1. The van der Waals surface area contributed by atoms with Gasteiger partial charge in [-0.05, 0) is 43.5 Å². The average Bonchev–Trinajstić information content (AvgIpc) is 3.39. The highest BCUT2D eigenvalue weighted by Crippen LogP contribution is 2.25. The zero-order valence-corrected chi connectivity index (χ0v) is 16.7. The number of hydrogen-bond donors (Lipinski definition) is 1. The number of piperazine rings is 1. The predicted molar refractivity (Wildman–Crippen MR) is 104 cm³/mol. The molecule has 8 nitrogen and oxygen atoms in total. The zero-order valence-electron chi connectivity index (χ0n) is 15.8. The summed E-state index contributed by atoms with van der Waals surface area (Å²) in [6.45, 7) is 2.82. The van der Waals surface area contributed by atoms with Gasteiger partial charge in [-0.15, -0.1) is 0 Å². The van der Waals surface area contributed by atoms with Crippen LogP contribution in [0.5, 0.6) is 0 Å². The summed E-state index contributed by atoms with van der Waals surface area (Å²) in [6.07, 6.45) is 3.50. The van der Waals surface area contributed by atoms with Gasteiger partial charge in [0, 0.05) is 50.9 Å². The van der Waals surface area contributed by atoms with Crippen molar-refractivity contribution in [1.29, 1.82) is 0 Å². The number of benzene rings is 1. The molecule has 1 aromatic rings. The molecule has 2 heterocycles. The van der Waals surface area contributed by atoms with E-state index in [4.69, 9.17) is 0 Å². The first-order chi connectivity index (χ1) is 13.4. The lowest BCUT2D eigenvalue weighted by Gasteiger charge is -2.33. The zero-order chi connectivity index (χ0) is 19.7. The molecule has 0 bridgehead atoms. The number of hydrogen-bond acceptors (Lipinski definition) is 5. The van der Waals surface area contributed by atoms with Crippen molar-refractivity contribution in [1.82, 2.24) is 14.5 Å². The summed E-state index contributed by atoms with van der Waals surface area (Å²) in [6, 6.07) is 6.90. The van der Waals surface area contributed by atoms with E-state index in [2.05, 4.69) is 5.32 Å². The van der Waals surface area contributed by atoms with Gasteiger partial charge in [0.25, 0.3) is 0 Å². The lowest BCUT2D eigenvalue weighted by atomic mass is 10.3. The van der Waals surface area contributed by atoms with E-state index in [1.165, 1.54) is 4.31 Å². The quantitative estimate of drug-likeness (QED) is 0.739. The SMILES string of the molecule is O=C(CN1CCN(S(=O)(=O)c2ccc(N3CCCC3=O)cc2)CC1)NC1CC1. The van der Waals surface area contributed by atoms with Crippen LogP contribution in [0.15, 0.2) is 29.2 Å². The Morgan fingerprint density at radius 2 is 1.71 bits per heavy atom. The Bertz CT molecular complexity index is 843. The maximum Gasteiger partial charge on any atom is 0.243 e. The predicted octanol–water partition coefficient (Wildman–Crippen LogP) is 0.398. The second-order valence-electron chi connectivity index (χ2n) is 7.66. The van der Waals surface area contributed by atoms with Crippen LogP contribution < -0.4 is 10.2 Å². The Labute approximate surface area is 165 Å². The number of nitrogens with zero attached hydrogens (tertiary/aromatic N) is 3. The second-order valence-corrected chi connectivity index (χ2v) is 9.60. The smallest absolute Gasteiger partial charge is 0.243 e. The maximum absolute atomic E-state index is 12.9. The van der Waals surface area contributed by atoms with E-state index < -0.39 is 10.0 Å². The third-order valence-electron chi connectivity index (χ3n) is 5.50. The summed E-state index contributed by atoms with van der Waals surface area (Å²) in [4.78, 5) is 27.7. The van der Waals surface area contributed by atoms with Crippen LogP contribution in [0.3, 0.4) is 0 Å². The van der Waals surface area contributed by atoms with E-state index in [9.17, 15) is 18.0 Å². The lowest BCUT2D eigenvalue weighted by Crippen LogP contribution is -2.51. The first-order valence-electron chi connectivity index (χ1n) is 9.86. The number of rotatable bonds is 6. The molecule has 4 rings (SSSR count). The Morgan fingerprint density at radius 3 is 2.29 bits per heavy atom. The highest BCUT2D eigenvalue weighted by atomic mass is 32.2. The molecule has 0 radical (unpaired) electrons. The molecule has 152 valence electrons. The van der Waals surface area contributed by atoms with Crippen molar-refractivity contribution >= 4 is 27.5 Å². The van der Waals surface area contributed by atoms with Crippen molar-refractivity contribution in [2.24, 2.45) is 0 Å². The molecule has 0 spiro atoms. The van der Waals surface area contributed by atoms with Crippen LogP contribution in [0, 0.1) is 0 Å². The summed E-state index contributed by atoms with van der Waals surface area (Å²) in [5, 5.41) is 2.96. The van der Waals surface area contributed by atoms with Gasteiger partial charge in [-0.2, -0.15) is 4.31 Å². The number of anilines is 1. The van der Waals surface area contributed by atoms with Crippen LogP contribution in [0.2, 0.25) is 0 Å². The Kier molecular flexibility index (Phi) is 5.39. The number of carbonyl (C=O) groups is 2. The van der Waals surface area contributed by atoms with Crippen molar-refractivity contribution in [3.63, 3.8) is 0 Å². The minimum absolute atomic E-state index is 0.0193. The normalized spacial score (nSPS) is 21.9. The van der Waals surface area contributed by atoms with Gasteiger partial charge in [-0.25, -0.2) is 8.42 Å². The van der Waals surface area contributed by atoms with Crippen molar-refractivity contribution in [2.45, 2.75) is 36.6 Å². The van der Waals surface area contributed by atoms with Gasteiger partial charge < -0.3 is 10.2 Å². The summed E-state index contributed by atoms with van der Waals surface area (Å²) >= 11 is 0. The summed E-state index contributed by atoms with van der Waals surface area (Å²) in [5.74, 6) is 0.100. The fraction of sp³-hybridized carbons (Fsp3) is 0.579. The number of sulfonamides is 1. The molecule has 9 heteroatoms. The van der Waals surface area contributed by atoms with Gasteiger partial charge in [0.15, 0.2) is 0 Å². The van der Waals surface area contributed by atoms with E-state index in [-0.39, 0.29) is 16.7 Å². The topological polar surface area (TPSA) is 90.0 Å². The molecule has 0 aromatic heterocycles. The second kappa shape index (κ2) is 7.81. The Morgan fingerprint density at radius 1 is 1.04 bits per heavy atom. The Hall–Kier alpha value is -1.97. The molecule has 28 heavy (non-hydrogen) atoms. The molecule has 3 aliphatic rings. The molecule has 0 unspecified atom stereocenters. The minimum Gasteiger partial charge on any atom is -0.352 e. The van der Waals surface area contributed by atoms with Crippen molar-refractivity contribution in [3.8, 4) is 0 Å². The molecule has 2 amide bonds. The first-order valence-corrected chi connectivity index (χ1v) is 11.3. The van der Waals surface area contributed by atoms with Crippen LogP contribution >= 0.6 is 0 Å². The molecule has 1 saturated carbocycles. The van der Waals surface area contributed by atoms with Crippen molar-refractivity contribution in [2.75, 3.05) is 44.2 Å². The third kappa shape index (κ3) is 4.21. The molecule has 1 aliphatic carbocycles. The van der Waals surface area contributed by atoms with E-state index in [0.29, 0.717) is 51.7 Å². The summed E-state index contributed by atoms with van der Waals surface area (Å²) < 4.78 is 27.3. The van der Waals surface area contributed by atoms with E-state index >= 15 is 0 Å². The van der Waals surface area contributed by atoms with Crippen LogP contribution in [-0.4, -0.2) is 74.7 Å². The third-order valence-corrected chi connectivity index (χ3v) is 7.41. The van der Waals surface area contributed by atoms with Crippen LogP contribution in [0.1, 0.15) is 25.7 Å². The monoisotopic (exact) mass is 406 g/mol. The number of amides is 2. The highest BCUT2D eigenvalue weighted by Gasteiger charge is 2.30. The van der Waals surface area contributed by atoms with Gasteiger partial charge in [0.1, 0.15) is 0 Å². The lowest BCUT2D eigenvalue weighted by molar-refractivity contribution is -0.122. The van der Waals surface area contributed by atoms with E-state index in [1.54, 1.807) is 29.2 Å². The maximum atomic E-state index is 12.9. The molecule has 2 aliphatic heterocycles. The summed E-state index contributed by atoms with van der Waals surface area (Å²) in [5.41, 5.74) is 0.743. The van der Waals surface area contributed by atoms with Gasteiger partial charge in [0.2, 0.25) is 21.8 Å². The standard InChI is InChI=1S/C19H26N4O4S/c24-18(20-15-3-4-15)14-21-10-12-22(13-11-21)28(26,27)17-7-5-16(6-8-17)23-9-1-2-19(23)25/h5-8,15H,1-4,9-14H2,(H,20,24). The molecule has 1 N–H and O–H groups in total. The van der Waals surface area contributed by atoms with Crippen LogP contribution in [0.4, 0.5) is 5.69 Å². The van der Waals surface area contributed by atoms with Crippen molar-refractivity contribution < 1.29 is 18.0 Å². The van der Waals surface area contributed by atoms with Crippen molar-refractivity contribution in [3.05, 3.63) is 24.3 Å². The first kappa shape index (κ1) is 19.4. The van der Waals surface area contributed by atoms with E-state index in [1.807, 2.05) is 4.90 Å². The minimum atomic E-state index is -3.57. The fourth-order valence-electron chi connectivity index (χ4n) is 3.70. The molecule has 0 atom stereocenters. The van der Waals surface area contributed by atoms with Gasteiger partial charge in [-0.3, -0.25) is 14.5 Å². The van der Waals surface area contributed by atoms with E-state index in [0.717, 1.165) is 24.9 Å². The van der Waals surface area contributed by atoms with Gasteiger partial charge in [0.05, 0.1) is 11.4 Å². The average molecular weight is 407 g/mol. The highest BCUT2D eigenvalue weighted by molar-refractivity contribution is 7.89. The molecule has 3 fully saturated rings. The molecular formula is C19H26N4O4S. The molecule has 2 saturated heterocycles. The van der Waals surface area contributed by atoms with Crippen LogP contribution in [0.25, 0.3) is 0 Å².